The van der Waals surface area contributed by atoms with Crippen molar-refractivity contribution in [2.45, 2.75) is 33.1 Å². The molecule has 0 spiro atoms. The molecule has 0 radical (unpaired) electrons. The standard InChI is InChI=1S/C21H26N2O3/c1-5-26-20(25)17-8-6-7-9-18(17)22-14-19(24)23-16-12-10-15(11-13-16)21(2,3)4/h6-13,22H,5,14H2,1-4H3,(H,23,24). The fourth-order valence-corrected chi connectivity index (χ4v) is 2.46. The molecule has 0 fully saturated rings. The lowest BCUT2D eigenvalue weighted by atomic mass is 9.87. The Balaban J connectivity index is 1.96. The molecule has 0 atom stereocenters. The van der Waals surface area contributed by atoms with Gasteiger partial charge < -0.3 is 15.4 Å². The van der Waals surface area contributed by atoms with Crippen molar-refractivity contribution in [3.8, 4) is 0 Å². The largest absolute Gasteiger partial charge is 0.462 e. The zero-order valence-electron chi connectivity index (χ0n) is 15.8. The summed E-state index contributed by atoms with van der Waals surface area (Å²) in [7, 11) is 0. The minimum atomic E-state index is -0.409. The number of amides is 1. The van der Waals surface area contributed by atoms with E-state index in [0.29, 0.717) is 17.9 Å². The van der Waals surface area contributed by atoms with Gasteiger partial charge in [-0.05, 0) is 42.2 Å². The Labute approximate surface area is 154 Å². The van der Waals surface area contributed by atoms with Crippen molar-refractivity contribution in [2.75, 3.05) is 23.8 Å². The van der Waals surface area contributed by atoms with E-state index in [1.807, 2.05) is 24.3 Å². The molecule has 0 saturated heterocycles. The van der Waals surface area contributed by atoms with Gasteiger partial charge in [0.1, 0.15) is 0 Å². The van der Waals surface area contributed by atoms with Crippen molar-refractivity contribution in [2.24, 2.45) is 0 Å². The third-order valence-electron chi connectivity index (χ3n) is 3.90. The van der Waals surface area contributed by atoms with Gasteiger partial charge in [0, 0.05) is 11.4 Å². The van der Waals surface area contributed by atoms with Crippen LogP contribution in [-0.2, 0) is 14.9 Å². The highest BCUT2D eigenvalue weighted by Gasteiger charge is 2.14. The molecule has 26 heavy (non-hydrogen) atoms. The van der Waals surface area contributed by atoms with Gasteiger partial charge in [-0.2, -0.15) is 0 Å². The van der Waals surface area contributed by atoms with Crippen LogP contribution in [-0.4, -0.2) is 25.0 Å². The second kappa shape index (κ2) is 8.52. The van der Waals surface area contributed by atoms with Crippen molar-refractivity contribution < 1.29 is 14.3 Å². The molecular weight excluding hydrogens is 328 g/mol. The van der Waals surface area contributed by atoms with Gasteiger partial charge in [-0.25, -0.2) is 4.79 Å². The summed E-state index contributed by atoms with van der Waals surface area (Å²) in [4.78, 5) is 24.1. The number of hydrogen-bond donors (Lipinski definition) is 2. The Morgan fingerprint density at radius 2 is 1.65 bits per heavy atom. The van der Waals surface area contributed by atoms with Gasteiger partial charge in [0.25, 0.3) is 0 Å². The van der Waals surface area contributed by atoms with E-state index in [2.05, 4.69) is 31.4 Å². The van der Waals surface area contributed by atoms with Crippen LogP contribution in [0.3, 0.4) is 0 Å². The number of rotatable bonds is 6. The first-order valence-corrected chi connectivity index (χ1v) is 8.71. The zero-order chi connectivity index (χ0) is 19.2. The van der Waals surface area contributed by atoms with Crippen molar-refractivity contribution in [1.82, 2.24) is 0 Å². The quantitative estimate of drug-likeness (QED) is 0.763. The van der Waals surface area contributed by atoms with Gasteiger partial charge >= 0.3 is 5.97 Å². The lowest BCUT2D eigenvalue weighted by Gasteiger charge is -2.19. The summed E-state index contributed by atoms with van der Waals surface area (Å²) in [5, 5.41) is 5.84. The Morgan fingerprint density at radius 1 is 1.00 bits per heavy atom. The van der Waals surface area contributed by atoms with Crippen molar-refractivity contribution in [3.63, 3.8) is 0 Å². The van der Waals surface area contributed by atoms with Crippen LogP contribution in [0.5, 0.6) is 0 Å². The molecule has 2 aromatic carbocycles. The summed E-state index contributed by atoms with van der Waals surface area (Å²) >= 11 is 0. The number of anilines is 2. The monoisotopic (exact) mass is 354 g/mol. The molecule has 2 rings (SSSR count). The van der Waals surface area contributed by atoms with Gasteiger partial charge in [-0.3, -0.25) is 4.79 Å². The number of carbonyl (C=O) groups is 2. The minimum absolute atomic E-state index is 0.0530. The molecule has 0 heterocycles. The first kappa shape index (κ1) is 19.5. The minimum Gasteiger partial charge on any atom is -0.462 e. The van der Waals surface area contributed by atoms with Crippen molar-refractivity contribution in [3.05, 3.63) is 59.7 Å². The lowest BCUT2D eigenvalue weighted by Crippen LogP contribution is -2.23. The molecule has 0 bridgehead atoms. The van der Waals surface area contributed by atoms with E-state index in [1.165, 1.54) is 5.56 Å². The fourth-order valence-electron chi connectivity index (χ4n) is 2.46. The van der Waals surface area contributed by atoms with Gasteiger partial charge in [0.05, 0.1) is 18.7 Å². The SMILES string of the molecule is CCOC(=O)c1ccccc1NCC(=O)Nc1ccc(C(C)(C)C)cc1. The third-order valence-corrected chi connectivity index (χ3v) is 3.90. The molecule has 0 aliphatic carbocycles. The summed E-state index contributed by atoms with van der Waals surface area (Å²) in [6.07, 6.45) is 0. The van der Waals surface area contributed by atoms with Crippen LogP contribution in [0.15, 0.2) is 48.5 Å². The number of ether oxygens (including phenoxy) is 1. The van der Waals surface area contributed by atoms with Crippen molar-refractivity contribution >= 4 is 23.3 Å². The van der Waals surface area contributed by atoms with E-state index in [-0.39, 0.29) is 17.9 Å². The Hall–Kier alpha value is -2.82. The molecule has 0 aliphatic rings. The fraction of sp³-hybridized carbons (Fsp3) is 0.333. The molecule has 0 aromatic heterocycles. The second-order valence-electron chi connectivity index (χ2n) is 7.00. The van der Waals surface area contributed by atoms with Gasteiger partial charge in [0.2, 0.25) is 5.91 Å². The first-order valence-electron chi connectivity index (χ1n) is 8.71. The van der Waals surface area contributed by atoms with Gasteiger partial charge in [-0.1, -0.05) is 45.0 Å². The summed E-state index contributed by atoms with van der Waals surface area (Å²) < 4.78 is 5.03. The van der Waals surface area contributed by atoms with Gasteiger partial charge in [0.15, 0.2) is 0 Å². The summed E-state index contributed by atoms with van der Waals surface area (Å²) in [6, 6.07) is 14.8. The second-order valence-corrected chi connectivity index (χ2v) is 7.00. The molecule has 2 aromatic rings. The predicted octanol–water partition coefficient (Wildman–Crippen LogP) is 4.21. The van der Waals surface area contributed by atoms with Gasteiger partial charge in [-0.15, -0.1) is 0 Å². The van der Waals surface area contributed by atoms with E-state index < -0.39 is 5.97 Å². The molecule has 138 valence electrons. The number of para-hydroxylation sites is 1. The highest BCUT2D eigenvalue weighted by atomic mass is 16.5. The zero-order valence-corrected chi connectivity index (χ0v) is 15.8. The van der Waals surface area contributed by atoms with Crippen LogP contribution >= 0.6 is 0 Å². The number of nitrogens with one attached hydrogen (secondary N) is 2. The molecular formula is C21H26N2O3. The van der Waals surface area contributed by atoms with Crippen LogP contribution in [0.25, 0.3) is 0 Å². The summed E-state index contributed by atoms with van der Waals surface area (Å²) in [5.41, 5.74) is 3.00. The molecule has 5 nitrogen and oxygen atoms in total. The lowest BCUT2D eigenvalue weighted by molar-refractivity contribution is -0.114. The maximum absolute atomic E-state index is 12.2. The maximum Gasteiger partial charge on any atom is 0.340 e. The van der Waals surface area contributed by atoms with E-state index in [4.69, 9.17) is 4.74 Å². The van der Waals surface area contributed by atoms with Crippen LogP contribution < -0.4 is 10.6 Å². The Bertz CT molecular complexity index is 762. The van der Waals surface area contributed by atoms with E-state index in [9.17, 15) is 9.59 Å². The molecule has 0 aliphatic heterocycles. The third kappa shape index (κ3) is 5.34. The molecule has 5 heteroatoms. The van der Waals surface area contributed by atoms with Crippen LogP contribution in [0.2, 0.25) is 0 Å². The summed E-state index contributed by atoms with van der Waals surface area (Å²) in [5.74, 6) is -0.596. The van der Waals surface area contributed by atoms with Crippen molar-refractivity contribution in [1.29, 1.82) is 0 Å². The number of hydrogen-bond acceptors (Lipinski definition) is 4. The highest BCUT2D eigenvalue weighted by molar-refractivity contribution is 5.98. The van der Waals surface area contributed by atoms with Crippen LogP contribution in [0.1, 0.15) is 43.6 Å². The topological polar surface area (TPSA) is 67.4 Å². The average Bonchev–Trinajstić information content (AvgIpc) is 2.60. The number of carbonyl (C=O) groups excluding carboxylic acids is 2. The molecule has 1 amide bonds. The highest BCUT2D eigenvalue weighted by Crippen LogP contribution is 2.23. The van der Waals surface area contributed by atoms with E-state index >= 15 is 0 Å². The predicted molar refractivity (Wildman–Crippen MR) is 105 cm³/mol. The number of esters is 1. The Kier molecular flexibility index (Phi) is 6.39. The Morgan fingerprint density at radius 3 is 2.27 bits per heavy atom. The normalized spacial score (nSPS) is 10.9. The average molecular weight is 354 g/mol. The first-order chi connectivity index (χ1) is 12.3. The van der Waals surface area contributed by atoms with E-state index in [0.717, 1.165) is 5.69 Å². The van der Waals surface area contributed by atoms with E-state index in [1.54, 1.807) is 31.2 Å². The molecule has 0 unspecified atom stereocenters. The molecule has 2 N–H and O–H groups in total. The molecule has 0 saturated carbocycles. The summed E-state index contributed by atoms with van der Waals surface area (Å²) in [6.45, 7) is 8.55. The maximum atomic E-state index is 12.2. The smallest absolute Gasteiger partial charge is 0.340 e. The van der Waals surface area contributed by atoms with Crippen LogP contribution in [0.4, 0.5) is 11.4 Å². The van der Waals surface area contributed by atoms with Crippen LogP contribution in [0, 0.1) is 0 Å². The number of benzene rings is 2.